The molecule has 0 radical (unpaired) electrons. The van der Waals surface area contributed by atoms with E-state index in [2.05, 4.69) is 5.32 Å². The van der Waals surface area contributed by atoms with E-state index in [-0.39, 0.29) is 4.90 Å². The first-order valence-electron chi connectivity index (χ1n) is 7.59. The Morgan fingerprint density at radius 1 is 1.12 bits per heavy atom. The van der Waals surface area contributed by atoms with Crippen LogP contribution in [0.15, 0.2) is 47.4 Å². The number of nitrogens with zero attached hydrogens (tertiary/aromatic N) is 1. The van der Waals surface area contributed by atoms with Crippen molar-refractivity contribution in [2.24, 2.45) is 0 Å². The van der Waals surface area contributed by atoms with E-state index < -0.39 is 15.9 Å². The number of rotatable bonds is 5. The molecule has 1 N–H and O–H groups in total. The first-order chi connectivity index (χ1) is 12.1. The van der Waals surface area contributed by atoms with Crippen LogP contribution in [0.2, 0.25) is 10.0 Å². The van der Waals surface area contributed by atoms with Crippen LogP contribution in [0.5, 0.6) is 0 Å². The Morgan fingerprint density at radius 3 is 2.31 bits per heavy atom. The number of amides is 1. The van der Waals surface area contributed by atoms with Crippen molar-refractivity contribution in [2.45, 2.75) is 11.8 Å². The number of nitrogens with one attached hydrogen (secondary N) is 1. The highest BCUT2D eigenvalue weighted by molar-refractivity contribution is 7.89. The molecule has 0 aliphatic rings. The number of halogens is 2. The monoisotopic (exact) mass is 412 g/mol. The van der Waals surface area contributed by atoms with Crippen molar-refractivity contribution in [1.29, 1.82) is 0 Å². The number of sulfonamides is 1. The van der Waals surface area contributed by atoms with Gasteiger partial charge in [0.25, 0.3) is 0 Å². The van der Waals surface area contributed by atoms with Crippen LogP contribution in [0.25, 0.3) is 6.08 Å². The smallest absolute Gasteiger partial charge is 0.248 e. The molecule has 0 unspecified atom stereocenters. The topological polar surface area (TPSA) is 66.5 Å². The van der Waals surface area contributed by atoms with Gasteiger partial charge in [0.1, 0.15) is 0 Å². The fourth-order valence-corrected chi connectivity index (χ4v) is 3.56. The van der Waals surface area contributed by atoms with Crippen LogP contribution in [0.1, 0.15) is 11.1 Å². The Labute approximate surface area is 163 Å². The van der Waals surface area contributed by atoms with Gasteiger partial charge < -0.3 is 5.32 Å². The van der Waals surface area contributed by atoms with E-state index in [1.165, 1.54) is 38.4 Å². The number of hydrogen-bond donors (Lipinski definition) is 1. The third-order valence-corrected chi connectivity index (χ3v) is 6.12. The normalized spacial score (nSPS) is 11.9. The standard InChI is InChI=1S/C18H18Cl2N2O3S/c1-12-7-8-13(26(24,25)22(2)3)11-17(12)21-18(23)10-9-14-15(19)5-4-6-16(14)20/h4-11H,1-3H3,(H,21,23)/b10-9+. The van der Waals surface area contributed by atoms with Gasteiger partial charge >= 0.3 is 0 Å². The maximum atomic E-state index is 12.2. The molecule has 0 saturated carbocycles. The summed E-state index contributed by atoms with van der Waals surface area (Å²) in [4.78, 5) is 12.3. The number of carbonyl (C=O) groups excluding carboxylic acids is 1. The molecule has 5 nitrogen and oxygen atoms in total. The fraction of sp³-hybridized carbons (Fsp3) is 0.167. The van der Waals surface area contributed by atoms with Gasteiger partial charge in [0, 0.05) is 41.5 Å². The molecule has 26 heavy (non-hydrogen) atoms. The van der Waals surface area contributed by atoms with E-state index in [9.17, 15) is 13.2 Å². The molecule has 0 spiro atoms. The van der Waals surface area contributed by atoms with Gasteiger partial charge in [-0.05, 0) is 42.8 Å². The van der Waals surface area contributed by atoms with E-state index in [1.807, 2.05) is 0 Å². The minimum absolute atomic E-state index is 0.0986. The number of benzene rings is 2. The summed E-state index contributed by atoms with van der Waals surface area (Å²) in [5, 5.41) is 3.53. The zero-order valence-electron chi connectivity index (χ0n) is 14.5. The molecule has 0 bridgehead atoms. The summed E-state index contributed by atoms with van der Waals surface area (Å²) in [6.45, 7) is 1.77. The van der Waals surface area contributed by atoms with Gasteiger partial charge in [-0.2, -0.15) is 0 Å². The highest BCUT2D eigenvalue weighted by Crippen LogP contribution is 2.26. The van der Waals surface area contributed by atoms with Crippen molar-refractivity contribution in [3.05, 3.63) is 63.6 Å². The summed E-state index contributed by atoms with van der Waals surface area (Å²) in [5.74, 6) is -0.427. The van der Waals surface area contributed by atoms with Gasteiger partial charge in [-0.3, -0.25) is 4.79 Å². The molecule has 0 saturated heterocycles. The predicted octanol–water partition coefficient (Wildman–Crippen LogP) is 4.20. The van der Waals surface area contributed by atoms with Gasteiger partial charge in [-0.15, -0.1) is 0 Å². The van der Waals surface area contributed by atoms with Crippen molar-refractivity contribution in [2.75, 3.05) is 19.4 Å². The Bertz CT molecular complexity index is 950. The van der Waals surface area contributed by atoms with Gasteiger partial charge in [0.2, 0.25) is 15.9 Å². The largest absolute Gasteiger partial charge is 0.322 e. The summed E-state index contributed by atoms with van der Waals surface area (Å²) in [5.41, 5.74) is 1.68. The average Bonchev–Trinajstić information content (AvgIpc) is 2.56. The number of aryl methyl sites for hydroxylation is 1. The number of hydrogen-bond acceptors (Lipinski definition) is 3. The Morgan fingerprint density at radius 2 is 1.73 bits per heavy atom. The van der Waals surface area contributed by atoms with Crippen molar-refractivity contribution in [1.82, 2.24) is 4.31 Å². The third kappa shape index (κ3) is 4.65. The van der Waals surface area contributed by atoms with E-state index in [1.54, 1.807) is 31.2 Å². The second-order valence-corrected chi connectivity index (χ2v) is 8.69. The van der Waals surface area contributed by atoms with Crippen molar-refractivity contribution < 1.29 is 13.2 Å². The van der Waals surface area contributed by atoms with Gasteiger partial charge in [0.15, 0.2) is 0 Å². The molecule has 8 heteroatoms. The van der Waals surface area contributed by atoms with E-state index in [0.717, 1.165) is 9.87 Å². The molecule has 1 amide bonds. The lowest BCUT2D eigenvalue weighted by Gasteiger charge is -2.14. The lowest BCUT2D eigenvalue weighted by molar-refractivity contribution is -0.111. The van der Waals surface area contributed by atoms with E-state index in [0.29, 0.717) is 21.3 Å². The van der Waals surface area contributed by atoms with Crippen molar-refractivity contribution >= 4 is 50.9 Å². The Kier molecular flexibility index (Phi) is 6.47. The summed E-state index contributed by atoms with van der Waals surface area (Å²) in [6, 6.07) is 9.62. The van der Waals surface area contributed by atoms with Crippen LogP contribution >= 0.6 is 23.2 Å². The van der Waals surface area contributed by atoms with Crippen LogP contribution < -0.4 is 5.32 Å². The maximum absolute atomic E-state index is 12.2. The lowest BCUT2D eigenvalue weighted by Crippen LogP contribution is -2.22. The summed E-state index contributed by atoms with van der Waals surface area (Å²) < 4.78 is 25.6. The molecule has 0 atom stereocenters. The third-order valence-electron chi connectivity index (χ3n) is 3.65. The van der Waals surface area contributed by atoms with Gasteiger partial charge in [0.05, 0.1) is 4.90 Å². The molecular formula is C18H18Cl2N2O3S. The zero-order chi connectivity index (χ0) is 19.5. The average molecular weight is 413 g/mol. The molecule has 0 aromatic heterocycles. The van der Waals surface area contributed by atoms with Crippen LogP contribution in [0, 0.1) is 6.92 Å². The van der Waals surface area contributed by atoms with Crippen LogP contribution in [-0.4, -0.2) is 32.7 Å². The fourth-order valence-electron chi connectivity index (χ4n) is 2.11. The minimum atomic E-state index is -3.59. The molecule has 0 heterocycles. The summed E-state index contributed by atoms with van der Waals surface area (Å²) >= 11 is 12.1. The Hall–Kier alpha value is -1.86. The molecule has 0 aliphatic heterocycles. The second kappa shape index (κ2) is 8.22. The Balaban J connectivity index is 2.26. The molecule has 0 fully saturated rings. The lowest BCUT2D eigenvalue weighted by atomic mass is 10.2. The predicted molar refractivity (Wildman–Crippen MR) is 106 cm³/mol. The quantitative estimate of drug-likeness (QED) is 0.747. The highest BCUT2D eigenvalue weighted by Gasteiger charge is 2.18. The zero-order valence-corrected chi connectivity index (χ0v) is 16.8. The van der Waals surface area contributed by atoms with E-state index in [4.69, 9.17) is 23.2 Å². The van der Waals surface area contributed by atoms with Gasteiger partial charge in [-0.1, -0.05) is 35.3 Å². The molecule has 2 aromatic carbocycles. The molecular weight excluding hydrogens is 395 g/mol. The summed E-state index contributed by atoms with van der Waals surface area (Å²) in [6.07, 6.45) is 2.80. The summed E-state index contributed by atoms with van der Waals surface area (Å²) in [7, 11) is -0.693. The van der Waals surface area contributed by atoms with Crippen LogP contribution in [-0.2, 0) is 14.8 Å². The first kappa shape index (κ1) is 20.5. The van der Waals surface area contributed by atoms with E-state index >= 15 is 0 Å². The van der Waals surface area contributed by atoms with Crippen LogP contribution in [0.4, 0.5) is 5.69 Å². The first-order valence-corrected chi connectivity index (χ1v) is 9.79. The molecule has 0 aliphatic carbocycles. The molecule has 2 aromatic rings. The van der Waals surface area contributed by atoms with Gasteiger partial charge in [-0.25, -0.2) is 12.7 Å². The maximum Gasteiger partial charge on any atom is 0.248 e. The molecule has 138 valence electrons. The van der Waals surface area contributed by atoms with Crippen molar-refractivity contribution in [3.63, 3.8) is 0 Å². The number of anilines is 1. The SMILES string of the molecule is Cc1ccc(S(=O)(=O)N(C)C)cc1NC(=O)/C=C/c1c(Cl)cccc1Cl. The van der Waals surface area contributed by atoms with Crippen LogP contribution in [0.3, 0.4) is 0 Å². The highest BCUT2D eigenvalue weighted by atomic mass is 35.5. The van der Waals surface area contributed by atoms with Crippen molar-refractivity contribution in [3.8, 4) is 0 Å². The number of carbonyl (C=O) groups is 1. The second-order valence-electron chi connectivity index (χ2n) is 5.72. The molecule has 2 rings (SSSR count). The minimum Gasteiger partial charge on any atom is -0.322 e.